The van der Waals surface area contributed by atoms with E-state index in [-0.39, 0.29) is 0 Å². The van der Waals surface area contributed by atoms with E-state index >= 15 is 0 Å². The van der Waals surface area contributed by atoms with Crippen molar-refractivity contribution in [3.8, 4) is 0 Å². The van der Waals surface area contributed by atoms with Crippen molar-refractivity contribution in [2.45, 2.75) is 90.3 Å². The summed E-state index contributed by atoms with van der Waals surface area (Å²) in [5, 5.41) is 4.12. The molecule has 0 aromatic rings. The lowest BCUT2D eigenvalue weighted by molar-refractivity contribution is 0.0214. The largest absolute Gasteiger partial charge is 0.311 e. The maximum atomic E-state index is 4.12. The molecule has 1 saturated heterocycles. The van der Waals surface area contributed by atoms with Gasteiger partial charge in [-0.1, -0.05) is 25.7 Å². The summed E-state index contributed by atoms with van der Waals surface area (Å²) in [5.41, 5.74) is 0. The number of nitrogens with zero attached hydrogens (tertiary/aromatic N) is 1. The molecule has 2 heteroatoms. The van der Waals surface area contributed by atoms with E-state index in [1.807, 2.05) is 0 Å². The molecule has 21 heavy (non-hydrogen) atoms. The molecule has 2 nitrogen and oxygen atoms in total. The maximum absolute atomic E-state index is 4.12. The zero-order chi connectivity index (χ0) is 14.8. The molecule has 0 aromatic carbocycles. The average Bonchev–Trinajstić information content (AvgIpc) is 2.47. The first-order valence-electron chi connectivity index (χ1n) is 9.65. The van der Waals surface area contributed by atoms with Gasteiger partial charge in [-0.3, -0.25) is 0 Å². The van der Waals surface area contributed by atoms with Gasteiger partial charge in [0.25, 0.3) is 0 Å². The van der Waals surface area contributed by atoms with Gasteiger partial charge in [0.15, 0.2) is 0 Å². The Labute approximate surface area is 132 Å². The Morgan fingerprint density at radius 1 is 0.810 bits per heavy atom. The van der Waals surface area contributed by atoms with Gasteiger partial charge in [-0.15, -0.1) is 0 Å². The SMILES string of the molecule is CC(NC1C2CCCC1CN(C(C)C)C2)C1CCCCC1. The number of hydrogen-bond donors (Lipinski definition) is 1. The Balaban J connectivity index is 1.59. The Morgan fingerprint density at radius 3 is 2.00 bits per heavy atom. The lowest BCUT2D eigenvalue weighted by Gasteiger charge is -2.50. The van der Waals surface area contributed by atoms with E-state index in [2.05, 4.69) is 31.0 Å². The van der Waals surface area contributed by atoms with E-state index in [1.54, 1.807) is 0 Å². The second-order valence-corrected chi connectivity index (χ2v) is 8.38. The Kier molecular flexibility index (Phi) is 5.27. The van der Waals surface area contributed by atoms with Crippen molar-refractivity contribution < 1.29 is 0 Å². The summed E-state index contributed by atoms with van der Waals surface area (Å²) >= 11 is 0. The highest BCUT2D eigenvalue weighted by Crippen LogP contribution is 2.37. The first-order chi connectivity index (χ1) is 10.1. The second-order valence-electron chi connectivity index (χ2n) is 8.38. The molecule has 3 atom stereocenters. The van der Waals surface area contributed by atoms with Crippen LogP contribution in [0.4, 0.5) is 0 Å². The van der Waals surface area contributed by atoms with Crippen molar-refractivity contribution in [1.82, 2.24) is 10.2 Å². The van der Waals surface area contributed by atoms with Crippen molar-refractivity contribution >= 4 is 0 Å². The molecule has 1 heterocycles. The standard InChI is InChI=1S/C19H36N2/c1-14(2)21-12-17-10-7-11-18(13-21)19(17)20-15(3)16-8-5-4-6-9-16/h14-20H,4-13H2,1-3H3. The third-order valence-electron chi connectivity index (χ3n) is 6.65. The molecule has 0 aromatic heterocycles. The number of rotatable bonds is 4. The molecule has 3 unspecified atom stereocenters. The van der Waals surface area contributed by atoms with Crippen LogP contribution in [0.5, 0.6) is 0 Å². The van der Waals surface area contributed by atoms with Crippen molar-refractivity contribution in [2.75, 3.05) is 13.1 Å². The highest BCUT2D eigenvalue weighted by molar-refractivity contribution is 4.97. The molecule has 0 spiro atoms. The summed E-state index contributed by atoms with van der Waals surface area (Å²) in [6.07, 6.45) is 11.7. The Morgan fingerprint density at radius 2 is 1.43 bits per heavy atom. The maximum Gasteiger partial charge on any atom is 0.0151 e. The van der Waals surface area contributed by atoms with E-state index in [9.17, 15) is 0 Å². The van der Waals surface area contributed by atoms with Crippen molar-refractivity contribution in [3.63, 3.8) is 0 Å². The highest BCUT2D eigenvalue weighted by Gasteiger charge is 2.40. The van der Waals surface area contributed by atoms with Crippen LogP contribution >= 0.6 is 0 Å². The van der Waals surface area contributed by atoms with Gasteiger partial charge in [0.05, 0.1) is 0 Å². The van der Waals surface area contributed by atoms with E-state index < -0.39 is 0 Å². The fraction of sp³-hybridized carbons (Fsp3) is 1.00. The normalized spacial score (nSPS) is 36.9. The van der Waals surface area contributed by atoms with Gasteiger partial charge in [-0.25, -0.2) is 0 Å². The first kappa shape index (κ1) is 15.8. The minimum atomic E-state index is 0.727. The predicted molar refractivity (Wildman–Crippen MR) is 90.5 cm³/mol. The Hall–Kier alpha value is -0.0800. The monoisotopic (exact) mass is 292 g/mol. The summed E-state index contributed by atoms with van der Waals surface area (Å²) in [6.45, 7) is 9.88. The van der Waals surface area contributed by atoms with Crippen LogP contribution in [-0.2, 0) is 0 Å². The zero-order valence-electron chi connectivity index (χ0n) is 14.5. The van der Waals surface area contributed by atoms with Crippen LogP contribution in [0.2, 0.25) is 0 Å². The molecular weight excluding hydrogens is 256 g/mol. The number of likely N-dealkylation sites (tertiary alicyclic amines) is 1. The lowest BCUT2D eigenvalue weighted by atomic mass is 9.72. The van der Waals surface area contributed by atoms with Gasteiger partial charge in [0.1, 0.15) is 0 Å². The van der Waals surface area contributed by atoms with E-state index in [4.69, 9.17) is 0 Å². The smallest absolute Gasteiger partial charge is 0.0151 e. The average molecular weight is 293 g/mol. The summed E-state index contributed by atoms with van der Waals surface area (Å²) < 4.78 is 0. The molecule has 2 saturated carbocycles. The number of hydrogen-bond acceptors (Lipinski definition) is 2. The van der Waals surface area contributed by atoms with Gasteiger partial charge in [0.2, 0.25) is 0 Å². The van der Waals surface area contributed by atoms with Crippen LogP contribution in [0.25, 0.3) is 0 Å². The molecule has 2 bridgehead atoms. The van der Waals surface area contributed by atoms with E-state index in [0.29, 0.717) is 0 Å². The molecule has 3 rings (SSSR count). The van der Waals surface area contributed by atoms with Gasteiger partial charge in [-0.2, -0.15) is 0 Å². The van der Waals surface area contributed by atoms with Crippen molar-refractivity contribution in [3.05, 3.63) is 0 Å². The fourth-order valence-corrected chi connectivity index (χ4v) is 5.24. The summed E-state index contributed by atoms with van der Waals surface area (Å²) in [6, 6.07) is 2.28. The molecule has 0 radical (unpaired) electrons. The molecular formula is C19H36N2. The van der Waals surface area contributed by atoms with Gasteiger partial charge in [0, 0.05) is 31.2 Å². The van der Waals surface area contributed by atoms with Crippen LogP contribution in [0.1, 0.15) is 72.1 Å². The molecule has 122 valence electrons. The molecule has 1 aliphatic heterocycles. The zero-order valence-corrected chi connectivity index (χ0v) is 14.5. The predicted octanol–water partition coefficient (Wildman–Crippen LogP) is 4.05. The van der Waals surface area contributed by atoms with Crippen molar-refractivity contribution in [1.29, 1.82) is 0 Å². The van der Waals surface area contributed by atoms with Crippen LogP contribution in [0.3, 0.4) is 0 Å². The fourth-order valence-electron chi connectivity index (χ4n) is 5.24. The quantitative estimate of drug-likeness (QED) is 0.841. The molecule has 1 N–H and O–H groups in total. The van der Waals surface area contributed by atoms with Gasteiger partial charge in [-0.05, 0) is 64.2 Å². The van der Waals surface area contributed by atoms with Crippen molar-refractivity contribution in [2.24, 2.45) is 17.8 Å². The van der Waals surface area contributed by atoms with Gasteiger partial charge >= 0.3 is 0 Å². The number of fused-ring (bicyclic) bond motifs is 2. The molecule has 3 aliphatic rings. The van der Waals surface area contributed by atoms with Crippen LogP contribution in [0.15, 0.2) is 0 Å². The van der Waals surface area contributed by atoms with Gasteiger partial charge < -0.3 is 10.2 Å². The van der Waals surface area contributed by atoms with Crippen LogP contribution in [-0.4, -0.2) is 36.1 Å². The van der Waals surface area contributed by atoms with E-state index in [1.165, 1.54) is 64.5 Å². The highest BCUT2D eigenvalue weighted by atomic mass is 15.2. The molecule has 0 amide bonds. The summed E-state index contributed by atoms with van der Waals surface area (Å²) in [5.74, 6) is 2.76. The number of piperidine rings is 1. The molecule has 3 fully saturated rings. The Bertz CT molecular complexity index is 308. The molecule has 2 aliphatic carbocycles. The van der Waals surface area contributed by atoms with E-state index in [0.717, 1.165) is 35.9 Å². The van der Waals surface area contributed by atoms with Crippen LogP contribution < -0.4 is 5.32 Å². The third-order valence-corrected chi connectivity index (χ3v) is 6.65. The lowest BCUT2D eigenvalue weighted by Crippen LogP contribution is -2.60. The minimum absolute atomic E-state index is 0.727. The summed E-state index contributed by atoms with van der Waals surface area (Å²) in [4.78, 5) is 2.73. The first-order valence-corrected chi connectivity index (χ1v) is 9.65. The topological polar surface area (TPSA) is 15.3 Å². The third kappa shape index (κ3) is 3.64. The summed E-state index contributed by atoms with van der Waals surface area (Å²) in [7, 11) is 0. The number of nitrogens with one attached hydrogen (secondary N) is 1. The minimum Gasteiger partial charge on any atom is -0.311 e. The van der Waals surface area contributed by atoms with Crippen LogP contribution in [0, 0.1) is 17.8 Å². The second kappa shape index (κ2) is 7.00.